The van der Waals surface area contributed by atoms with Gasteiger partial charge in [-0.05, 0) is 45.3 Å². The van der Waals surface area contributed by atoms with E-state index < -0.39 is 0 Å². The van der Waals surface area contributed by atoms with Crippen LogP contribution in [0, 0.1) is 0 Å². The molecule has 0 spiro atoms. The average Bonchev–Trinajstić information content (AvgIpc) is 2.88. The van der Waals surface area contributed by atoms with Crippen LogP contribution in [0.2, 0.25) is 0 Å². The summed E-state index contributed by atoms with van der Waals surface area (Å²) in [4.78, 5) is 3.50. The third-order valence-electron chi connectivity index (χ3n) is 5.39. The van der Waals surface area contributed by atoms with E-state index in [2.05, 4.69) is 75.1 Å². The van der Waals surface area contributed by atoms with Gasteiger partial charge in [0, 0.05) is 21.8 Å². The monoisotopic (exact) mass is 307 g/mol. The van der Waals surface area contributed by atoms with Gasteiger partial charge in [-0.3, -0.25) is 0 Å². The van der Waals surface area contributed by atoms with Crippen LogP contribution >= 0.6 is 0 Å². The quantitative estimate of drug-likeness (QED) is 0.696. The maximum absolute atomic E-state index is 6.46. The van der Waals surface area contributed by atoms with Crippen molar-refractivity contribution in [2.75, 3.05) is 6.51 Å². The highest BCUT2D eigenvalue weighted by molar-refractivity contribution is 6.71. The number of hydrogen-bond acceptors (Lipinski definition) is 2. The minimum Gasteiger partial charge on any atom is -0.421 e. The van der Waals surface area contributed by atoms with Crippen LogP contribution in [0.1, 0.15) is 27.7 Å². The van der Waals surface area contributed by atoms with Crippen LogP contribution in [-0.2, 0) is 9.39 Å². The second kappa shape index (κ2) is 4.86. The lowest BCUT2D eigenvalue weighted by Gasteiger charge is -2.47. The van der Waals surface area contributed by atoms with E-state index in [4.69, 9.17) is 9.39 Å². The van der Waals surface area contributed by atoms with Gasteiger partial charge in [0.25, 0.3) is 0 Å². The van der Waals surface area contributed by atoms with Gasteiger partial charge in [-0.2, -0.15) is 0 Å². The Morgan fingerprint density at radius 1 is 0.913 bits per heavy atom. The summed E-state index contributed by atoms with van der Waals surface area (Å²) >= 11 is 0. The lowest BCUT2D eigenvalue weighted by atomic mass is 9.58. The maximum atomic E-state index is 6.46. The highest BCUT2D eigenvalue weighted by Crippen LogP contribution is 2.34. The van der Waals surface area contributed by atoms with E-state index in [0.29, 0.717) is 6.51 Å². The smallest absolute Gasteiger partial charge is 0.354 e. The van der Waals surface area contributed by atoms with Gasteiger partial charge in [0.1, 0.15) is 0 Å². The molecule has 0 bridgehead atoms. The molecule has 0 amide bonds. The van der Waals surface area contributed by atoms with E-state index in [1.807, 2.05) is 0 Å². The zero-order valence-corrected chi connectivity index (χ0v) is 14.1. The van der Waals surface area contributed by atoms with Gasteiger partial charge < -0.3 is 14.4 Å². The lowest BCUT2D eigenvalue weighted by molar-refractivity contribution is -0.152. The number of para-hydroxylation sites is 1. The molecular weight excluding hydrogens is 285 g/mol. The van der Waals surface area contributed by atoms with Crippen LogP contribution in [0.5, 0.6) is 0 Å². The van der Waals surface area contributed by atoms with Gasteiger partial charge in [0.05, 0.1) is 17.7 Å². The highest BCUT2D eigenvalue weighted by Gasteiger charge is 2.47. The Hall–Kier alpha value is -1.78. The van der Waals surface area contributed by atoms with Gasteiger partial charge in [0.15, 0.2) is 0 Å². The molecule has 1 N–H and O–H groups in total. The molecule has 4 heteroatoms. The van der Waals surface area contributed by atoms with Crippen molar-refractivity contribution in [1.82, 2.24) is 4.98 Å². The van der Waals surface area contributed by atoms with E-state index in [1.165, 1.54) is 16.2 Å². The maximum Gasteiger partial charge on any atom is 0.354 e. The molecule has 1 aliphatic heterocycles. The summed E-state index contributed by atoms with van der Waals surface area (Å²) in [6.45, 7) is 8.92. The van der Waals surface area contributed by atoms with Crippen molar-refractivity contribution in [3.05, 3.63) is 42.5 Å². The van der Waals surface area contributed by atoms with Crippen LogP contribution in [0.25, 0.3) is 21.8 Å². The molecule has 118 valence electrons. The van der Waals surface area contributed by atoms with E-state index in [0.717, 1.165) is 11.0 Å². The first-order valence-corrected chi connectivity index (χ1v) is 8.20. The number of aromatic amines is 1. The minimum absolute atomic E-state index is 0.0547. The zero-order valence-electron chi connectivity index (χ0n) is 14.1. The van der Waals surface area contributed by atoms with Gasteiger partial charge in [0.2, 0.25) is 0 Å². The van der Waals surface area contributed by atoms with Gasteiger partial charge >= 0.3 is 6.92 Å². The number of fused-ring (bicyclic) bond motifs is 3. The van der Waals surface area contributed by atoms with E-state index in [9.17, 15) is 0 Å². The number of rotatable bonds is 1. The zero-order chi connectivity index (χ0) is 16.2. The highest BCUT2D eigenvalue weighted by atomic mass is 16.6. The molecule has 0 aliphatic carbocycles. The molecule has 3 aromatic rings. The van der Waals surface area contributed by atoms with Gasteiger partial charge in [-0.15, -0.1) is 0 Å². The Morgan fingerprint density at radius 3 is 2.43 bits per heavy atom. The van der Waals surface area contributed by atoms with Crippen molar-refractivity contribution in [2.24, 2.45) is 0 Å². The molecule has 0 atom stereocenters. The fourth-order valence-electron chi connectivity index (χ4n) is 3.34. The SMILES string of the molecule is CC1(C)OCB(c2cccc3[nH]c4ccccc4c23)OC1(C)C. The molecule has 2 aromatic carbocycles. The Kier molecular flexibility index (Phi) is 3.13. The van der Waals surface area contributed by atoms with Crippen LogP contribution in [0.15, 0.2) is 42.5 Å². The van der Waals surface area contributed by atoms with Crippen molar-refractivity contribution in [3.8, 4) is 0 Å². The molecule has 1 aliphatic rings. The molecule has 1 fully saturated rings. The number of nitrogens with one attached hydrogen (secondary N) is 1. The number of aromatic nitrogens is 1. The summed E-state index contributed by atoms with van der Waals surface area (Å²) in [6, 6.07) is 14.8. The fraction of sp³-hybridized carbons (Fsp3) is 0.368. The molecule has 3 nitrogen and oxygen atoms in total. The average molecular weight is 307 g/mol. The van der Waals surface area contributed by atoms with Gasteiger partial charge in [-0.1, -0.05) is 30.3 Å². The molecule has 1 saturated heterocycles. The fourth-order valence-corrected chi connectivity index (χ4v) is 3.34. The largest absolute Gasteiger partial charge is 0.421 e. The number of benzene rings is 2. The molecular formula is C19H22BNO2. The summed E-state index contributed by atoms with van der Waals surface area (Å²) in [5.74, 6) is 0. The molecule has 0 saturated carbocycles. The summed E-state index contributed by atoms with van der Waals surface area (Å²) in [7, 11) is 0. The molecule has 4 rings (SSSR count). The van der Waals surface area contributed by atoms with E-state index >= 15 is 0 Å². The third-order valence-corrected chi connectivity index (χ3v) is 5.39. The second-order valence-corrected chi connectivity index (χ2v) is 7.38. The standard InChI is InChI=1S/C19H22BNO2/c1-18(2)19(3,4)23-20(12-22-18)14-9-7-11-16-17(14)13-8-5-6-10-15(13)21-16/h5-11,21H,12H2,1-4H3. The van der Waals surface area contributed by atoms with Crippen LogP contribution in [0.4, 0.5) is 0 Å². The first-order valence-electron chi connectivity index (χ1n) is 8.20. The summed E-state index contributed by atoms with van der Waals surface area (Å²) < 4.78 is 12.6. The second-order valence-electron chi connectivity index (χ2n) is 7.38. The molecule has 1 aromatic heterocycles. The van der Waals surface area contributed by atoms with Crippen molar-refractivity contribution in [2.45, 2.75) is 38.9 Å². The van der Waals surface area contributed by atoms with Gasteiger partial charge in [-0.25, -0.2) is 0 Å². The summed E-state index contributed by atoms with van der Waals surface area (Å²) in [5.41, 5.74) is 2.87. The van der Waals surface area contributed by atoms with E-state index in [1.54, 1.807) is 0 Å². The van der Waals surface area contributed by atoms with Crippen molar-refractivity contribution in [1.29, 1.82) is 0 Å². The normalized spacial score (nSPS) is 20.3. The molecule has 0 radical (unpaired) electrons. The van der Waals surface area contributed by atoms with Crippen LogP contribution in [0.3, 0.4) is 0 Å². The Labute approximate surface area is 137 Å². The number of hydrogen-bond donors (Lipinski definition) is 1. The predicted octanol–water partition coefficient (Wildman–Crippen LogP) is 3.66. The first kappa shape index (κ1) is 14.8. The molecule has 23 heavy (non-hydrogen) atoms. The first-order chi connectivity index (χ1) is 10.9. The summed E-state index contributed by atoms with van der Waals surface area (Å²) in [5, 5.41) is 2.48. The molecule has 2 heterocycles. The van der Waals surface area contributed by atoms with Crippen LogP contribution in [-0.4, -0.2) is 29.6 Å². The number of H-pyrrole nitrogens is 1. The van der Waals surface area contributed by atoms with Crippen LogP contribution < -0.4 is 5.46 Å². The Morgan fingerprint density at radius 2 is 1.65 bits per heavy atom. The minimum atomic E-state index is -0.343. The third kappa shape index (κ3) is 2.20. The summed E-state index contributed by atoms with van der Waals surface area (Å²) in [6.07, 6.45) is 0. The van der Waals surface area contributed by atoms with Crippen molar-refractivity contribution < 1.29 is 9.39 Å². The Bertz CT molecular complexity index is 881. The molecule has 0 unspecified atom stereocenters. The van der Waals surface area contributed by atoms with E-state index in [-0.39, 0.29) is 18.1 Å². The van der Waals surface area contributed by atoms with Crippen molar-refractivity contribution >= 4 is 34.2 Å². The topological polar surface area (TPSA) is 34.2 Å². The number of ether oxygens (including phenoxy) is 1. The van der Waals surface area contributed by atoms with Crippen molar-refractivity contribution in [3.63, 3.8) is 0 Å². The Balaban J connectivity index is 1.87. The predicted molar refractivity (Wildman–Crippen MR) is 96.4 cm³/mol. The lowest BCUT2D eigenvalue weighted by Crippen LogP contribution is -2.61.